The highest BCUT2D eigenvalue weighted by Gasteiger charge is 2.23. The first-order valence-electron chi connectivity index (χ1n) is 10.1. The summed E-state index contributed by atoms with van der Waals surface area (Å²) in [7, 11) is -4.16. The Balaban J connectivity index is 1.93. The first-order valence-corrected chi connectivity index (χ1v) is 12.1. The predicted octanol–water partition coefficient (Wildman–Crippen LogP) is 4.51. The fourth-order valence-corrected chi connectivity index (χ4v) is 4.60. The van der Waals surface area contributed by atoms with E-state index in [1.807, 2.05) is 25.1 Å². The lowest BCUT2D eigenvalue weighted by Crippen LogP contribution is -2.18. The molecule has 0 saturated heterocycles. The Bertz CT molecular complexity index is 1630. The minimum atomic E-state index is -4.16. The summed E-state index contributed by atoms with van der Waals surface area (Å²) >= 11 is 5.86. The van der Waals surface area contributed by atoms with E-state index < -0.39 is 26.5 Å². The number of nitriles is 1. The molecule has 1 atom stereocenters. The van der Waals surface area contributed by atoms with Crippen LogP contribution in [0.5, 0.6) is 0 Å². The SMILES string of the molecule is Cc1cc([C@@H](C)Nc2ccc(Cl)nc2S(N)(=O)=O)c2oc(-c3ccccc3)c(C#N)c(=O)c2c1. The van der Waals surface area contributed by atoms with E-state index in [2.05, 4.69) is 10.3 Å². The summed E-state index contributed by atoms with van der Waals surface area (Å²) in [6.07, 6.45) is 0. The number of halogens is 1. The summed E-state index contributed by atoms with van der Waals surface area (Å²) in [6, 6.07) is 16.7. The number of fused-ring (bicyclic) bond motifs is 1. The minimum Gasteiger partial charge on any atom is -0.454 e. The number of hydrogen-bond donors (Lipinski definition) is 2. The lowest BCUT2D eigenvalue weighted by molar-refractivity contribution is 0.594. The molecule has 2 aromatic carbocycles. The van der Waals surface area contributed by atoms with Crippen molar-refractivity contribution in [3.05, 3.63) is 86.7 Å². The van der Waals surface area contributed by atoms with Gasteiger partial charge in [0.1, 0.15) is 22.4 Å². The van der Waals surface area contributed by atoms with E-state index in [-0.39, 0.29) is 33.1 Å². The second-order valence-corrected chi connectivity index (χ2v) is 9.61. The highest BCUT2D eigenvalue weighted by molar-refractivity contribution is 7.89. The third-order valence-electron chi connectivity index (χ3n) is 5.25. The molecule has 2 aromatic heterocycles. The van der Waals surface area contributed by atoms with Crippen molar-refractivity contribution in [2.75, 3.05) is 5.32 Å². The Morgan fingerprint density at radius 2 is 1.88 bits per heavy atom. The Kier molecular flexibility index (Phi) is 6.15. The molecular formula is C24H19ClN4O4S. The van der Waals surface area contributed by atoms with Crippen molar-refractivity contribution in [3.63, 3.8) is 0 Å². The maximum absolute atomic E-state index is 13.2. The number of hydrogen-bond acceptors (Lipinski definition) is 7. The van der Waals surface area contributed by atoms with Crippen LogP contribution in [0, 0.1) is 18.3 Å². The first-order chi connectivity index (χ1) is 16.1. The van der Waals surface area contributed by atoms with E-state index in [4.69, 9.17) is 21.2 Å². The van der Waals surface area contributed by atoms with Gasteiger partial charge in [0.15, 0.2) is 10.8 Å². The number of aromatic nitrogens is 1. The summed E-state index contributed by atoms with van der Waals surface area (Å²) in [5.41, 5.74) is 1.83. The molecule has 0 fully saturated rings. The summed E-state index contributed by atoms with van der Waals surface area (Å²) in [4.78, 5) is 17.1. The van der Waals surface area contributed by atoms with Crippen LogP contribution >= 0.6 is 11.6 Å². The van der Waals surface area contributed by atoms with E-state index in [1.54, 1.807) is 37.3 Å². The number of pyridine rings is 1. The number of benzene rings is 2. The second-order valence-electron chi connectivity index (χ2n) is 7.74. The summed E-state index contributed by atoms with van der Waals surface area (Å²) < 4.78 is 30.2. The first kappa shape index (κ1) is 23.4. The molecule has 0 bridgehead atoms. The van der Waals surface area contributed by atoms with Crippen LogP contribution in [-0.2, 0) is 10.0 Å². The maximum Gasteiger partial charge on any atom is 0.257 e. The lowest BCUT2D eigenvalue weighted by atomic mass is 9.98. The molecule has 34 heavy (non-hydrogen) atoms. The van der Waals surface area contributed by atoms with Crippen LogP contribution < -0.4 is 15.9 Å². The Hall–Kier alpha value is -3.71. The van der Waals surface area contributed by atoms with Crippen molar-refractivity contribution >= 4 is 38.3 Å². The maximum atomic E-state index is 13.2. The normalized spacial score (nSPS) is 12.3. The fraction of sp³-hybridized carbons (Fsp3) is 0.125. The number of aryl methyl sites for hydroxylation is 1. The van der Waals surface area contributed by atoms with Crippen LogP contribution in [0.4, 0.5) is 5.69 Å². The van der Waals surface area contributed by atoms with Crippen LogP contribution in [0.15, 0.2) is 68.8 Å². The average molecular weight is 495 g/mol. The molecule has 0 aliphatic rings. The van der Waals surface area contributed by atoms with Crippen molar-refractivity contribution in [3.8, 4) is 17.4 Å². The Morgan fingerprint density at radius 3 is 2.53 bits per heavy atom. The highest BCUT2D eigenvalue weighted by atomic mass is 35.5. The molecule has 2 heterocycles. The highest BCUT2D eigenvalue weighted by Crippen LogP contribution is 2.33. The van der Waals surface area contributed by atoms with Crippen molar-refractivity contribution < 1.29 is 12.8 Å². The molecule has 0 radical (unpaired) electrons. The average Bonchev–Trinajstić information content (AvgIpc) is 2.80. The van der Waals surface area contributed by atoms with Crippen LogP contribution in [0.25, 0.3) is 22.3 Å². The monoisotopic (exact) mass is 494 g/mol. The molecule has 4 rings (SSSR count). The lowest BCUT2D eigenvalue weighted by Gasteiger charge is -2.19. The number of anilines is 1. The third kappa shape index (κ3) is 4.39. The Morgan fingerprint density at radius 1 is 1.18 bits per heavy atom. The third-order valence-corrected chi connectivity index (χ3v) is 6.31. The second kappa shape index (κ2) is 8.91. The van der Waals surface area contributed by atoms with Gasteiger partial charge in [-0.15, -0.1) is 0 Å². The number of primary sulfonamides is 1. The number of nitrogens with zero attached hydrogens (tertiary/aromatic N) is 2. The van der Waals surface area contributed by atoms with Crippen LogP contribution in [0.3, 0.4) is 0 Å². The largest absolute Gasteiger partial charge is 0.454 e. The van der Waals surface area contributed by atoms with Gasteiger partial charge < -0.3 is 9.73 Å². The standard InChI is InChI=1S/C24H19ClN4O4S/c1-13-10-16(14(2)28-19-8-9-20(25)29-24(19)34(27,31)32)23-17(11-13)21(30)18(12-26)22(33-23)15-6-4-3-5-7-15/h3-11,14,28H,1-2H3,(H2,27,31,32)/t14-/m1/s1. The van der Waals surface area contributed by atoms with E-state index in [0.29, 0.717) is 11.1 Å². The van der Waals surface area contributed by atoms with E-state index in [1.165, 1.54) is 12.1 Å². The van der Waals surface area contributed by atoms with Gasteiger partial charge in [0.25, 0.3) is 10.0 Å². The Labute approximate surface area is 200 Å². The zero-order valence-electron chi connectivity index (χ0n) is 18.2. The number of rotatable bonds is 5. The molecule has 0 saturated carbocycles. The van der Waals surface area contributed by atoms with E-state index >= 15 is 0 Å². The smallest absolute Gasteiger partial charge is 0.257 e. The van der Waals surface area contributed by atoms with Crippen LogP contribution in [-0.4, -0.2) is 13.4 Å². The molecule has 8 nitrogen and oxygen atoms in total. The molecule has 172 valence electrons. The van der Waals surface area contributed by atoms with Crippen molar-refractivity contribution in [2.24, 2.45) is 5.14 Å². The van der Waals surface area contributed by atoms with E-state index in [0.717, 1.165) is 5.56 Å². The molecular weight excluding hydrogens is 476 g/mol. The molecule has 4 aromatic rings. The number of sulfonamides is 1. The van der Waals surface area contributed by atoms with Crippen molar-refractivity contribution in [2.45, 2.75) is 24.9 Å². The van der Waals surface area contributed by atoms with Gasteiger partial charge in [0.2, 0.25) is 5.43 Å². The van der Waals surface area contributed by atoms with Gasteiger partial charge in [-0.05, 0) is 37.6 Å². The molecule has 0 unspecified atom stereocenters. The van der Waals surface area contributed by atoms with E-state index in [9.17, 15) is 18.5 Å². The quantitative estimate of drug-likeness (QED) is 0.389. The zero-order chi connectivity index (χ0) is 24.6. The summed E-state index contributed by atoms with van der Waals surface area (Å²) in [6.45, 7) is 3.59. The van der Waals surface area contributed by atoms with Gasteiger partial charge in [0.05, 0.1) is 17.1 Å². The van der Waals surface area contributed by atoms with Gasteiger partial charge in [-0.3, -0.25) is 4.79 Å². The number of nitrogens with two attached hydrogens (primary N) is 1. The van der Waals surface area contributed by atoms with Crippen molar-refractivity contribution in [1.82, 2.24) is 4.98 Å². The molecule has 10 heteroatoms. The minimum absolute atomic E-state index is 0.0224. The molecule has 0 amide bonds. The molecule has 0 spiro atoms. The van der Waals surface area contributed by atoms with Gasteiger partial charge in [-0.1, -0.05) is 48.0 Å². The molecule has 0 aliphatic carbocycles. The number of nitrogens with one attached hydrogen (secondary N) is 1. The summed E-state index contributed by atoms with van der Waals surface area (Å²) in [5, 5.41) is 17.9. The fourth-order valence-electron chi connectivity index (χ4n) is 3.75. The van der Waals surface area contributed by atoms with Gasteiger partial charge in [-0.25, -0.2) is 18.5 Å². The predicted molar refractivity (Wildman–Crippen MR) is 130 cm³/mol. The zero-order valence-corrected chi connectivity index (χ0v) is 19.7. The van der Waals surface area contributed by atoms with Crippen LogP contribution in [0.2, 0.25) is 5.15 Å². The molecule has 0 aliphatic heterocycles. The van der Waals surface area contributed by atoms with Crippen molar-refractivity contribution in [1.29, 1.82) is 5.26 Å². The summed E-state index contributed by atoms with van der Waals surface area (Å²) in [5.74, 6) is 0.163. The van der Waals surface area contributed by atoms with Gasteiger partial charge >= 0.3 is 0 Å². The van der Waals surface area contributed by atoms with Gasteiger partial charge in [0, 0.05) is 11.1 Å². The van der Waals surface area contributed by atoms with Gasteiger partial charge in [-0.2, -0.15) is 5.26 Å². The molecule has 3 N–H and O–H groups in total. The van der Waals surface area contributed by atoms with Crippen LogP contribution in [0.1, 0.15) is 29.7 Å². The topological polar surface area (TPSA) is 139 Å².